The van der Waals surface area contributed by atoms with Crippen LogP contribution in [0.25, 0.3) is 0 Å². The van der Waals surface area contributed by atoms with Crippen LogP contribution in [0.2, 0.25) is 0 Å². The maximum Gasteiger partial charge on any atom is 0.281 e. The highest BCUT2D eigenvalue weighted by molar-refractivity contribution is 8.12. The maximum atomic E-state index is 10.9. The first-order chi connectivity index (χ1) is 4.72. The third-order valence-electron chi connectivity index (χ3n) is 1.33. The number of carbonyl (C=O) groups excluding carboxylic acids is 1. The molecule has 0 aliphatic carbocycles. The standard InChI is InChI=1S/C7H15NOS/c1-4-5-6-8(2)7(9)10-3/h4-6H2,1-3H3. The van der Waals surface area contributed by atoms with E-state index in [1.54, 1.807) is 4.90 Å². The maximum absolute atomic E-state index is 10.9. The van der Waals surface area contributed by atoms with Crippen molar-refractivity contribution < 1.29 is 4.79 Å². The summed E-state index contributed by atoms with van der Waals surface area (Å²) >= 11 is 1.27. The second-order valence-electron chi connectivity index (χ2n) is 2.25. The van der Waals surface area contributed by atoms with Crippen molar-refractivity contribution in [1.82, 2.24) is 4.90 Å². The third kappa shape index (κ3) is 3.77. The second-order valence-corrected chi connectivity index (χ2v) is 3.00. The Balaban J connectivity index is 3.41. The van der Waals surface area contributed by atoms with Gasteiger partial charge in [-0.1, -0.05) is 25.1 Å². The Morgan fingerprint density at radius 2 is 2.20 bits per heavy atom. The summed E-state index contributed by atoms with van der Waals surface area (Å²) in [5.41, 5.74) is 0. The van der Waals surface area contributed by atoms with E-state index in [-0.39, 0.29) is 5.24 Å². The molecular formula is C7H15NOS. The lowest BCUT2D eigenvalue weighted by Crippen LogP contribution is -2.23. The Labute approximate surface area is 67.0 Å². The van der Waals surface area contributed by atoms with Crippen LogP contribution in [0.1, 0.15) is 19.8 Å². The highest BCUT2D eigenvalue weighted by Gasteiger charge is 2.03. The van der Waals surface area contributed by atoms with Crippen LogP contribution in [-0.4, -0.2) is 30.0 Å². The molecule has 1 amide bonds. The van der Waals surface area contributed by atoms with Gasteiger partial charge in [-0.2, -0.15) is 0 Å². The van der Waals surface area contributed by atoms with Gasteiger partial charge in [0.2, 0.25) is 0 Å². The molecule has 3 heteroatoms. The summed E-state index contributed by atoms with van der Waals surface area (Å²) < 4.78 is 0. The molecule has 0 radical (unpaired) electrons. The van der Waals surface area contributed by atoms with Gasteiger partial charge < -0.3 is 4.90 Å². The van der Waals surface area contributed by atoms with E-state index in [0.29, 0.717) is 0 Å². The van der Waals surface area contributed by atoms with E-state index in [1.165, 1.54) is 11.8 Å². The van der Waals surface area contributed by atoms with E-state index in [4.69, 9.17) is 0 Å². The molecule has 0 bridgehead atoms. The molecule has 0 atom stereocenters. The van der Waals surface area contributed by atoms with Gasteiger partial charge in [0.05, 0.1) is 0 Å². The lowest BCUT2D eigenvalue weighted by molar-refractivity contribution is 0.233. The molecule has 0 aromatic carbocycles. The fourth-order valence-corrected chi connectivity index (χ4v) is 1.05. The highest BCUT2D eigenvalue weighted by Crippen LogP contribution is 2.02. The van der Waals surface area contributed by atoms with Crippen LogP contribution in [0, 0.1) is 0 Å². The van der Waals surface area contributed by atoms with Crippen molar-refractivity contribution >= 4 is 17.0 Å². The van der Waals surface area contributed by atoms with Crippen molar-refractivity contribution in [2.75, 3.05) is 19.8 Å². The number of amides is 1. The van der Waals surface area contributed by atoms with Gasteiger partial charge in [0.25, 0.3) is 5.24 Å². The van der Waals surface area contributed by atoms with Crippen LogP contribution in [0.15, 0.2) is 0 Å². The van der Waals surface area contributed by atoms with Crippen molar-refractivity contribution in [2.24, 2.45) is 0 Å². The Hall–Kier alpha value is -0.180. The number of hydrogen-bond acceptors (Lipinski definition) is 2. The van der Waals surface area contributed by atoms with Crippen LogP contribution < -0.4 is 0 Å². The van der Waals surface area contributed by atoms with Crippen molar-refractivity contribution in [3.63, 3.8) is 0 Å². The van der Waals surface area contributed by atoms with E-state index >= 15 is 0 Å². The molecule has 0 aromatic heterocycles. The minimum atomic E-state index is 0.161. The minimum absolute atomic E-state index is 0.161. The quantitative estimate of drug-likeness (QED) is 0.632. The van der Waals surface area contributed by atoms with Crippen LogP contribution in [-0.2, 0) is 0 Å². The highest BCUT2D eigenvalue weighted by atomic mass is 32.2. The molecule has 0 heterocycles. The number of unbranched alkanes of at least 4 members (excludes halogenated alkanes) is 1. The van der Waals surface area contributed by atoms with Gasteiger partial charge in [0.15, 0.2) is 0 Å². The summed E-state index contributed by atoms with van der Waals surface area (Å²) in [6.07, 6.45) is 4.06. The van der Waals surface area contributed by atoms with Gasteiger partial charge in [0, 0.05) is 13.6 Å². The molecule has 0 N–H and O–H groups in total. The van der Waals surface area contributed by atoms with Gasteiger partial charge in [-0.3, -0.25) is 4.79 Å². The fraction of sp³-hybridized carbons (Fsp3) is 0.857. The molecule has 0 unspecified atom stereocenters. The van der Waals surface area contributed by atoms with Crippen molar-refractivity contribution in [3.05, 3.63) is 0 Å². The number of thioether (sulfide) groups is 1. The zero-order valence-corrected chi connectivity index (χ0v) is 7.70. The first-order valence-corrected chi connectivity index (χ1v) is 4.74. The molecule has 2 nitrogen and oxygen atoms in total. The Kier molecular flexibility index (Phi) is 5.49. The normalized spacial score (nSPS) is 9.50. The van der Waals surface area contributed by atoms with Crippen molar-refractivity contribution in [2.45, 2.75) is 19.8 Å². The van der Waals surface area contributed by atoms with E-state index < -0.39 is 0 Å². The molecule has 0 spiro atoms. The van der Waals surface area contributed by atoms with Crippen LogP contribution in [0.3, 0.4) is 0 Å². The van der Waals surface area contributed by atoms with E-state index in [9.17, 15) is 4.79 Å². The van der Waals surface area contributed by atoms with Crippen LogP contribution >= 0.6 is 11.8 Å². The number of carbonyl (C=O) groups is 1. The van der Waals surface area contributed by atoms with Crippen molar-refractivity contribution in [3.8, 4) is 0 Å². The summed E-state index contributed by atoms with van der Waals surface area (Å²) in [6, 6.07) is 0. The van der Waals surface area contributed by atoms with Gasteiger partial charge in [-0.05, 0) is 12.7 Å². The Bertz CT molecular complexity index is 106. The molecule has 60 valence electrons. The molecule has 0 saturated carbocycles. The van der Waals surface area contributed by atoms with Gasteiger partial charge >= 0.3 is 0 Å². The fourth-order valence-electron chi connectivity index (χ4n) is 0.642. The second kappa shape index (κ2) is 5.59. The first-order valence-electron chi connectivity index (χ1n) is 3.51. The van der Waals surface area contributed by atoms with Gasteiger partial charge in [-0.15, -0.1) is 0 Å². The molecule has 0 fully saturated rings. The van der Waals surface area contributed by atoms with Crippen LogP contribution in [0.4, 0.5) is 4.79 Å². The molecule has 10 heavy (non-hydrogen) atoms. The number of hydrogen-bond donors (Lipinski definition) is 0. The van der Waals surface area contributed by atoms with Gasteiger partial charge in [-0.25, -0.2) is 0 Å². The molecule has 0 aliphatic rings. The number of nitrogens with zero attached hydrogens (tertiary/aromatic N) is 1. The summed E-state index contributed by atoms with van der Waals surface area (Å²) in [5.74, 6) is 0. The average Bonchev–Trinajstić information content (AvgIpc) is 1.98. The third-order valence-corrected chi connectivity index (χ3v) is 1.99. The molecular weight excluding hydrogens is 146 g/mol. The summed E-state index contributed by atoms with van der Waals surface area (Å²) in [5, 5.41) is 0.161. The topological polar surface area (TPSA) is 20.3 Å². The molecule has 0 aliphatic heterocycles. The van der Waals surface area contributed by atoms with Crippen LogP contribution in [0.5, 0.6) is 0 Å². The lowest BCUT2D eigenvalue weighted by Gasteiger charge is -2.13. The summed E-state index contributed by atoms with van der Waals surface area (Å²) in [7, 11) is 1.84. The summed E-state index contributed by atoms with van der Waals surface area (Å²) in [6.45, 7) is 3.01. The monoisotopic (exact) mass is 161 g/mol. The molecule has 0 rings (SSSR count). The van der Waals surface area contributed by atoms with E-state index in [0.717, 1.165) is 19.4 Å². The van der Waals surface area contributed by atoms with E-state index in [2.05, 4.69) is 6.92 Å². The number of rotatable bonds is 3. The first kappa shape index (κ1) is 9.82. The zero-order valence-electron chi connectivity index (χ0n) is 6.89. The SMILES string of the molecule is CCCCN(C)C(=O)SC. The Morgan fingerprint density at radius 1 is 1.60 bits per heavy atom. The predicted molar refractivity (Wildman–Crippen MR) is 46.4 cm³/mol. The minimum Gasteiger partial charge on any atom is -0.337 e. The molecule has 0 saturated heterocycles. The van der Waals surface area contributed by atoms with Gasteiger partial charge in [0.1, 0.15) is 0 Å². The summed E-state index contributed by atoms with van der Waals surface area (Å²) in [4.78, 5) is 12.7. The van der Waals surface area contributed by atoms with E-state index in [1.807, 2.05) is 13.3 Å². The van der Waals surface area contributed by atoms with Crippen molar-refractivity contribution in [1.29, 1.82) is 0 Å². The lowest BCUT2D eigenvalue weighted by atomic mass is 10.3. The zero-order chi connectivity index (χ0) is 7.98. The Morgan fingerprint density at radius 3 is 2.60 bits per heavy atom. The predicted octanol–water partition coefficient (Wildman–Crippen LogP) is 2.20. The largest absolute Gasteiger partial charge is 0.337 e. The smallest absolute Gasteiger partial charge is 0.281 e. The molecule has 0 aromatic rings. The average molecular weight is 161 g/mol.